The van der Waals surface area contributed by atoms with Crippen LogP contribution in [-0.4, -0.2) is 67.9 Å². The maximum atomic E-state index is 14.0. The number of hydrogen-bond donors (Lipinski definition) is 0. The molecule has 2 aromatic rings. The highest BCUT2D eigenvalue weighted by atomic mass is 79.9. The van der Waals surface area contributed by atoms with Crippen molar-refractivity contribution < 1.29 is 17.9 Å². The summed E-state index contributed by atoms with van der Waals surface area (Å²) in [5, 5.41) is 1.52. The number of carbonyl (C=O) groups is 1. The average Bonchev–Trinajstić information content (AvgIpc) is 3.25. The lowest BCUT2D eigenvalue weighted by atomic mass is 9.97. The molecule has 0 saturated heterocycles. The Morgan fingerprint density at radius 2 is 1.91 bits per heavy atom. The van der Waals surface area contributed by atoms with Crippen molar-refractivity contribution in [2.24, 2.45) is 0 Å². The van der Waals surface area contributed by atoms with Gasteiger partial charge < -0.3 is 9.64 Å². The van der Waals surface area contributed by atoms with Gasteiger partial charge in [0.1, 0.15) is 10.7 Å². The Bertz CT molecular complexity index is 1090. The fourth-order valence-electron chi connectivity index (χ4n) is 4.14. The van der Waals surface area contributed by atoms with Crippen molar-refractivity contribution in [3.8, 4) is 0 Å². The van der Waals surface area contributed by atoms with Crippen molar-refractivity contribution in [1.82, 2.24) is 14.2 Å². The molecule has 0 atom stereocenters. The van der Waals surface area contributed by atoms with E-state index in [0.717, 1.165) is 22.7 Å². The summed E-state index contributed by atoms with van der Waals surface area (Å²) in [6, 6.07) is 4.80. The standard InChI is InChI=1S/C22H29BrClN3O4S/c1-4-13-31-21(28)22(9-5-6-10-22)27(12-11-26(2)3)32(29,30)16-7-8-17-18(14-16)20(24)25-15-19(17)23/h7-8,14-15H,4-6,9-13H2,1-3H3. The maximum absolute atomic E-state index is 14.0. The zero-order chi connectivity index (χ0) is 23.5. The Labute approximate surface area is 203 Å². The number of likely N-dealkylation sites (N-methyl/N-ethyl adjacent to an activating group) is 1. The molecule has 1 fully saturated rings. The molecule has 176 valence electrons. The number of halogens is 2. The molecule has 1 saturated carbocycles. The van der Waals surface area contributed by atoms with Gasteiger partial charge in [0.2, 0.25) is 10.0 Å². The van der Waals surface area contributed by atoms with E-state index in [9.17, 15) is 13.2 Å². The predicted octanol–water partition coefficient (Wildman–Crippen LogP) is 4.47. The van der Waals surface area contributed by atoms with Crippen molar-refractivity contribution >= 4 is 54.3 Å². The highest BCUT2D eigenvalue weighted by Crippen LogP contribution is 2.40. The highest BCUT2D eigenvalue weighted by molar-refractivity contribution is 9.10. The van der Waals surface area contributed by atoms with Gasteiger partial charge in [0, 0.05) is 34.5 Å². The quantitative estimate of drug-likeness (QED) is 0.341. The molecule has 1 aliphatic rings. The number of nitrogens with zero attached hydrogens (tertiary/aromatic N) is 3. The fourth-order valence-corrected chi connectivity index (χ4v) is 6.60. The molecule has 1 aromatic carbocycles. The number of sulfonamides is 1. The van der Waals surface area contributed by atoms with Crippen molar-refractivity contribution in [2.45, 2.75) is 49.5 Å². The third kappa shape index (κ3) is 4.97. The molecule has 32 heavy (non-hydrogen) atoms. The molecule has 0 bridgehead atoms. The van der Waals surface area contributed by atoms with Crippen LogP contribution >= 0.6 is 27.5 Å². The van der Waals surface area contributed by atoms with E-state index in [1.807, 2.05) is 25.9 Å². The zero-order valence-electron chi connectivity index (χ0n) is 18.6. The lowest BCUT2D eigenvalue weighted by molar-refractivity contribution is -0.155. The second-order valence-electron chi connectivity index (χ2n) is 8.36. The normalized spacial score (nSPS) is 16.2. The van der Waals surface area contributed by atoms with Crippen LogP contribution in [0.5, 0.6) is 0 Å². The van der Waals surface area contributed by atoms with Crippen LogP contribution in [0.15, 0.2) is 33.8 Å². The van der Waals surface area contributed by atoms with Gasteiger partial charge in [-0.1, -0.05) is 37.4 Å². The number of hydrogen-bond acceptors (Lipinski definition) is 6. The largest absolute Gasteiger partial charge is 0.464 e. The van der Waals surface area contributed by atoms with Gasteiger partial charge in [0.05, 0.1) is 11.5 Å². The molecular formula is C22H29BrClN3O4S. The second-order valence-corrected chi connectivity index (χ2v) is 11.4. The van der Waals surface area contributed by atoms with E-state index in [1.165, 1.54) is 10.4 Å². The summed E-state index contributed by atoms with van der Waals surface area (Å²) in [5.74, 6) is -0.456. The topological polar surface area (TPSA) is 79.8 Å². The molecule has 1 aromatic heterocycles. The van der Waals surface area contributed by atoms with Gasteiger partial charge in [0.15, 0.2) is 0 Å². The van der Waals surface area contributed by atoms with Crippen LogP contribution in [0, 0.1) is 0 Å². The predicted molar refractivity (Wildman–Crippen MR) is 129 cm³/mol. The molecule has 0 spiro atoms. The molecule has 10 heteroatoms. The van der Waals surface area contributed by atoms with E-state index in [4.69, 9.17) is 16.3 Å². The van der Waals surface area contributed by atoms with Gasteiger partial charge in [-0.3, -0.25) is 4.79 Å². The Balaban J connectivity index is 2.12. The monoisotopic (exact) mass is 545 g/mol. The van der Waals surface area contributed by atoms with E-state index in [2.05, 4.69) is 20.9 Å². The Kier molecular flexibility index (Phi) is 8.20. The molecule has 3 rings (SSSR count). The smallest absolute Gasteiger partial charge is 0.327 e. The van der Waals surface area contributed by atoms with Crippen LogP contribution in [0.25, 0.3) is 10.8 Å². The minimum atomic E-state index is -4.03. The number of esters is 1. The molecule has 1 heterocycles. The first-order valence-corrected chi connectivity index (χ1v) is 13.3. The van der Waals surface area contributed by atoms with Gasteiger partial charge in [-0.2, -0.15) is 4.31 Å². The van der Waals surface area contributed by atoms with Gasteiger partial charge in [0.25, 0.3) is 0 Å². The van der Waals surface area contributed by atoms with Crippen LogP contribution in [0.1, 0.15) is 39.0 Å². The van der Waals surface area contributed by atoms with Gasteiger partial charge in [-0.15, -0.1) is 0 Å². The number of pyridine rings is 1. The van der Waals surface area contributed by atoms with E-state index in [1.54, 1.807) is 18.3 Å². The lowest BCUT2D eigenvalue weighted by Crippen LogP contribution is -2.57. The molecule has 0 aliphatic heterocycles. The third-order valence-corrected chi connectivity index (χ3v) is 8.72. The van der Waals surface area contributed by atoms with Crippen molar-refractivity contribution in [3.05, 3.63) is 34.0 Å². The van der Waals surface area contributed by atoms with Gasteiger partial charge in [-0.05, 0) is 61.4 Å². The fraction of sp³-hybridized carbons (Fsp3) is 0.545. The SMILES string of the molecule is CCCOC(=O)C1(N(CCN(C)C)S(=O)(=O)c2ccc3c(Br)cnc(Cl)c3c2)CCCC1. The first-order valence-electron chi connectivity index (χ1n) is 10.7. The number of benzene rings is 1. The number of carbonyl (C=O) groups excluding carboxylic acids is 1. The Morgan fingerprint density at radius 1 is 1.22 bits per heavy atom. The summed E-state index contributed by atoms with van der Waals surface area (Å²) in [5.41, 5.74) is -1.20. The molecule has 1 aliphatic carbocycles. The minimum Gasteiger partial charge on any atom is -0.464 e. The highest BCUT2D eigenvalue weighted by Gasteiger charge is 2.52. The summed E-state index contributed by atoms with van der Waals surface area (Å²) >= 11 is 9.71. The summed E-state index contributed by atoms with van der Waals surface area (Å²) in [6.07, 6.45) is 4.70. The molecule has 0 unspecified atom stereocenters. The third-order valence-electron chi connectivity index (χ3n) is 5.83. The molecule has 0 amide bonds. The van der Waals surface area contributed by atoms with E-state index in [0.29, 0.717) is 31.2 Å². The van der Waals surface area contributed by atoms with Crippen LogP contribution < -0.4 is 0 Å². The van der Waals surface area contributed by atoms with Crippen LogP contribution in [0.4, 0.5) is 0 Å². The zero-order valence-corrected chi connectivity index (χ0v) is 21.8. The summed E-state index contributed by atoms with van der Waals surface area (Å²) in [6.45, 7) is 2.84. The average molecular weight is 547 g/mol. The molecule has 0 N–H and O–H groups in total. The first kappa shape index (κ1) is 25.4. The van der Waals surface area contributed by atoms with Gasteiger partial charge in [-0.25, -0.2) is 13.4 Å². The van der Waals surface area contributed by atoms with Gasteiger partial charge >= 0.3 is 5.97 Å². The van der Waals surface area contributed by atoms with Crippen LogP contribution in [0.3, 0.4) is 0 Å². The summed E-state index contributed by atoms with van der Waals surface area (Å²) in [7, 11) is -0.275. The molecule has 7 nitrogen and oxygen atoms in total. The van der Waals surface area contributed by atoms with Crippen LogP contribution in [0.2, 0.25) is 5.15 Å². The van der Waals surface area contributed by atoms with Crippen molar-refractivity contribution in [3.63, 3.8) is 0 Å². The maximum Gasteiger partial charge on any atom is 0.327 e. The first-order chi connectivity index (χ1) is 15.1. The second kappa shape index (κ2) is 10.3. The van der Waals surface area contributed by atoms with E-state index < -0.39 is 21.5 Å². The number of fused-ring (bicyclic) bond motifs is 1. The van der Waals surface area contributed by atoms with Crippen molar-refractivity contribution in [2.75, 3.05) is 33.8 Å². The number of ether oxygens (including phenoxy) is 1. The molecular weight excluding hydrogens is 518 g/mol. The number of rotatable bonds is 9. The Hall–Kier alpha value is -1.26. The number of aromatic nitrogens is 1. The Morgan fingerprint density at radius 3 is 2.53 bits per heavy atom. The molecule has 0 radical (unpaired) electrons. The lowest BCUT2D eigenvalue weighted by Gasteiger charge is -2.38. The summed E-state index contributed by atoms with van der Waals surface area (Å²) in [4.78, 5) is 19.3. The van der Waals surface area contributed by atoms with E-state index in [-0.39, 0.29) is 23.2 Å². The minimum absolute atomic E-state index is 0.0834. The summed E-state index contributed by atoms with van der Waals surface area (Å²) < 4.78 is 35.6. The van der Waals surface area contributed by atoms with E-state index >= 15 is 0 Å². The van der Waals surface area contributed by atoms with Crippen molar-refractivity contribution in [1.29, 1.82) is 0 Å². The van der Waals surface area contributed by atoms with Crippen LogP contribution in [-0.2, 0) is 19.6 Å².